The summed E-state index contributed by atoms with van der Waals surface area (Å²) >= 11 is 6.02. The van der Waals surface area contributed by atoms with Gasteiger partial charge >= 0.3 is 0 Å². The monoisotopic (exact) mass is 286 g/mol. The molecule has 2 rings (SSSR count). The third kappa shape index (κ3) is 2.76. The van der Waals surface area contributed by atoms with Crippen LogP contribution in [0.1, 0.15) is 28.1 Å². The molecule has 1 aromatic carbocycles. The number of rotatable bonds is 2. The molecule has 0 atom stereocenters. The lowest BCUT2D eigenvalue weighted by Gasteiger charge is -2.14. The minimum absolute atomic E-state index is 0.462. The first-order valence-electron chi connectivity index (χ1n) is 6.25. The van der Waals surface area contributed by atoms with Crippen LogP contribution in [-0.2, 0) is 0 Å². The maximum Gasteiger partial charge on any atom is 0.148 e. The number of aromatic nitrogens is 1. The number of halogens is 1. The van der Waals surface area contributed by atoms with Gasteiger partial charge in [0.05, 0.1) is 5.69 Å². The Hall–Kier alpha value is -2.05. The molecule has 4 heteroatoms. The van der Waals surface area contributed by atoms with E-state index in [4.69, 9.17) is 16.3 Å². The molecule has 0 aliphatic carbocycles. The fourth-order valence-electron chi connectivity index (χ4n) is 2.18. The molecule has 3 nitrogen and oxygen atoms in total. The summed E-state index contributed by atoms with van der Waals surface area (Å²) in [6.07, 6.45) is 0. The smallest absolute Gasteiger partial charge is 0.148 e. The number of ether oxygens (including phenoxy) is 1. The minimum Gasteiger partial charge on any atom is -0.455 e. The summed E-state index contributed by atoms with van der Waals surface area (Å²) in [6, 6.07) is 7.61. The molecule has 0 aliphatic rings. The summed E-state index contributed by atoms with van der Waals surface area (Å²) in [4.78, 5) is 4.28. The number of aryl methyl sites for hydroxylation is 4. The molecule has 0 saturated carbocycles. The number of nitriles is 1. The van der Waals surface area contributed by atoms with E-state index in [0.717, 1.165) is 22.6 Å². The van der Waals surface area contributed by atoms with Gasteiger partial charge in [-0.2, -0.15) is 5.26 Å². The van der Waals surface area contributed by atoms with Crippen LogP contribution in [0.4, 0.5) is 0 Å². The first-order chi connectivity index (χ1) is 9.42. The molecule has 102 valence electrons. The lowest BCUT2D eigenvalue weighted by molar-refractivity contribution is 0.471. The molecule has 1 heterocycles. The molecule has 2 aromatic rings. The van der Waals surface area contributed by atoms with Gasteiger partial charge in [0, 0.05) is 16.8 Å². The number of benzene rings is 1. The number of hydrogen-bond donors (Lipinski definition) is 0. The predicted octanol–water partition coefficient (Wildman–Crippen LogP) is 4.63. The van der Waals surface area contributed by atoms with Crippen molar-refractivity contribution in [3.05, 3.63) is 51.3 Å². The summed E-state index contributed by atoms with van der Waals surface area (Å²) in [5.41, 5.74) is 3.83. The van der Waals surface area contributed by atoms with Crippen molar-refractivity contribution in [2.75, 3.05) is 0 Å². The fourth-order valence-corrected chi connectivity index (χ4v) is 2.51. The Morgan fingerprint density at radius 1 is 1.10 bits per heavy atom. The second-order valence-corrected chi connectivity index (χ2v) is 5.24. The molecule has 0 saturated heterocycles. The summed E-state index contributed by atoms with van der Waals surface area (Å²) < 4.78 is 5.96. The topological polar surface area (TPSA) is 45.9 Å². The van der Waals surface area contributed by atoms with Gasteiger partial charge in [0.15, 0.2) is 0 Å². The first-order valence-corrected chi connectivity index (χ1v) is 6.63. The van der Waals surface area contributed by atoms with Crippen molar-refractivity contribution in [3.63, 3.8) is 0 Å². The van der Waals surface area contributed by atoms with Crippen molar-refractivity contribution in [3.8, 4) is 17.6 Å². The van der Waals surface area contributed by atoms with Crippen LogP contribution in [0, 0.1) is 39.0 Å². The molecule has 0 aliphatic heterocycles. The highest BCUT2D eigenvalue weighted by atomic mass is 35.5. The van der Waals surface area contributed by atoms with Crippen LogP contribution in [0.2, 0.25) is 5.02 Å². The minimum atomic E-state index is 0.462. The number of pyridine rings is 1. The van der Waals surface area contributed by atoms with Crippen LogP contribution < -0.4 is 4.74 Å². The maximum atomic E-state index is 9.26. The zero-order valence-corrected chi connectivity index (χ0v) is 12.7. The SMILES string of the molecule is Cc1cc(Oc2c(C)cc(Cl)cc2C)c(C#N)c(C)n1. The van der Waals surface area contributed by atoms with E-state index < -0.39 is 0 Å². The summed E-state index contributed by atoms with van der Waals surface area (Å²) in [7, 11) is 0. The highest BCUT2D eigenvalue weighted by Crippen LogP contribution is 2.33. The lowest BCUT2D eigenvalue weighted by Crippen LogP contribution is -1.98. The average Bonchev–Trinajstić information content (AvgIpc) is 2.33. The van der Waals surface area contributed by atoms with Crippen molar-refractivity contribution < 1.29 is 4.74 Å². The molecular formula is C16H15ClN2O. The van der Waals surface area contributed by atoms with Crippen molar-refractivity contribution in [2.24, 2.45) is 0 Å². The number of hydrogen-bond acceptors (Lipinski definition) is 3. The molecular weight excluding hydrogens is 272 g/mol. The van der Waals surface area contributed by atoms with Crippen molar-refractivity contribution >= 4 is 11.6 Å². The van der Waals surface area contributed by atoms with E-state index in [1.54, 1.807) is 13.0 Å². The molecule has 0 amide bonds. The Balaban J connectivity index is 2.54. The van der Waals surface area contributed by atoms with Gasteiger partial charge in [-0.25, -0.2) is 0 Å². The molecule has 0 radical (unpaired) electrons. The molecule has 0 N–H and O–H groups in total. The van der Waals surface area contributed by atoms with Gasteiger partial charge in [0.2, 0.25) is 0 Å². The van der Waals surface area contributed by atoms with Gasteiger partial charge in [-0.05, 0) is 51.0 Å². The third-order valence-corrected chi connectivity index (χ3v) is 3.26. The van der Waals surface area contributed by atoms with Gasteiger partial charge < -0.3 is 4.74 Å². The fraction of sp³-hybridized carbons (Fsp3) is 0.250. The van der Waals surface area contributed by atoms with E-state index >= 15 is 0 Å². The molecule has 0 unspecified atom stereocenters. The van der Waals surface area contributed by atoms with Gasteiger partial charge in [0.25, 0.3) is 0 Å². The van der Waals surface area contributed by atoms with Gasteiger partial charge in [0.1, 0.15) is 23.1 Å². The average molecular weight is 287 g/mol. The first kappa shape index (κ1) is 14.4. The Bertz CT molecular complexity index is 694. The molecule has 0 bridgehead atoms. The zero-order valence-electron chi connectivity index (χ0n) is 11.9. The highest BCUT2D eigenvalue weighted by Gasteiger charge is 2.13. The summed E-state index contributed by atoms with van der Waals surface area (Å²) in [6.45, 7) is 7.55. The standard InChI is InChI=1S/C16H15ClN2O/c1-9-5-13(17)6-10(2)16(9)20-15-7-11(3)19-12(4)14(15)8-18/h5-7H,1-4H3. The second kappa shape index (κ2) is 5.52. The van der Waals surface area contributed by atoms with Crippen LogP contribution in [0.3, 0.4) is 0 Å². The van der Waals surface area contributed by atoms with Crippen LogP contribution in [0.15, 0.2) is 18.2 Å². The summed E-state index contributed by atoms with van der Waals surface area (Å²) in [5, 5.41) is 9.94. The largest absolute Gasteiger partial charge is 0.455 e. The normalized spacial score (nSPS) is 10.2. The maximum absolute atomic E-state index is 9.26. The van der Waals surface area contributed by atoms with Crippen LogP contribution >= 0.6 is 11.6 Å². The highest BCUT2D eigenvalue weighted by molar-refractivity contribution is 6.30. The van der Waals surface area contributed by atoms with Crippen molar-refractivity contribution in [2.45, 2.75) is 27.7 Å². The van der Waals surface area contributed by atoms with Gasteiger partial charge in [-0.15, -0.1) is 0 Å². The predicted molar refractivity (Wildman–Crippen MR) is 79.4 cm³/mol. The Morgan fingerprint density at radius 3 is 2.25 bits per heavy atom. The number of nitrogens with zero attached hydrogens (tertiary/aromatic N) is 2. The Kier molecular flexibility index (Phi) is 3.96. The van der Waals surface area contributed by atoms with E-state index in [2.05, 4.69) is 11.1 Å². The quantitative estimate of drug-likeness (QED) is 0.808. The molecule has 20 heavy (non-hydrogen) atoms. The summed E-state index contributed by atoms with van der Waals surface area (Å²) in [5.74, 6) is 1.27. The van der Waals surface area contributed by atoms with E-state index in [9.17, 15) is 5.26 Å². The molecule has 1 aromatic heterocycles. The molecule has 0 fully saturated rings. The van der Waals surface area contributed by atoms with E-state index in [1.165, 1.54) is 0 Å². The zero-order chi connectivity index (χ0) is 14.9. The van der Waals surface area contributed by atoms with Crippen LogP contribution in [0.5, 0.6) is 11.5 Å². The van der Waals surface area contributed by atoms with Crippen molar-refractivity contribution in [1.82, 2.24) is 4.98 Å². The van der Waals surface area contributed by atoms with Crippen molar-refractivity contribution in [1.29, 1.82) is 5.26 Å². The van der Waals surface area contributed by atoms with E-state index in [-0.39, 0.29) is 0 Å². The third-order valence-electron chi connectivity index (χ3n) is 3.04. The Labute approximate surface area is 123 Å². The Morgan fingerprint density at radius 2 is 1.70 bits per heavy atom. The van der Waals surface area contributed by atoms with Crippen LogP contribution in [-0.4, -0.2) is 4.98 Å². The van der Waals surface area contributed by atoms with E-state index in [1.807, 2.05) is 32.9 Å². The second-order valence-electron chi connectivity index (χ2n) is 4.80. The van der Waals surface area contributed by atoms with Gasteiger partial charge in [-0.1, -0.05) is 11.6 Å². The molecule has 0 spiro atoms. The van der Waals surface area contributed by atoms with E-state index in [0.29, 0.717) is 22.0 Å². The van der Waals surface area contributed by atoms with Gasteiger partial charge in [-0.3, -0.25) is 4.98 Å². The van der Waals surface area contributed by atoms with Crippen LogP contribution in [0.25, 0.3) is 0 Å². The lowest BCUT2D eigenvalue weighted by atomic mass is 10.1.